The first-order chi connectivity index (χ1) is 17.5. The highest BCUT2D eigenvalue weighted by Gasteiger charge is 2.25. The van der Waals surface area contributed by atoms with Crippen LogP contribution in [0.2, 0.25) is 10.0 Å². The van der Waals surface area contributed by atoms with E-state index in [1.54, 1.807) is 6.33 Å². The van der Waals surface area contributed by atoms with Crippen molar-refractivity contribution in [2.75, 3.05) is 0 Å². The molecule has 0 aliphatic rings. The number of benzene rings is 3. The summed E-state index contributed by atoms with van der Waals surface area (Å²) in [6, 6.07) is 19.4. The predicted molar refractivity (Wildman–Crippen MR) is 144 cm³/mol. The van der Waals surface area contributed by atoms with Gasteiger partial charge in [0.15, 0.2) is 5.65 Å². The summed E-state index contributed by atoms with van der Waals surface area (Å²) >= 11 is 12.7. The van der Waals surface area contributed by atoms with Gasteiger partial charge in [0.2, 0.25) is 0 Å². The molecule has 3 aromatic carbocycles. The highest BCUT2D eigenvalue weighted by molar-refractivity contribution is 6.31. The number of hydrogen-bond acceptors (Lipinski definition) is 4. The van der Waals surface area contributed by atoms with E-state index in [0.717, 1.165) is 61.4 Å². The largest absolute Gasteiger partial charge is 0.392 e. The van der Waals surface area contributed by atoms with E-state index >= 15 is 0 Å². The molecule has 0 aliphatic carbocycles. The van der Waals surface area contributed by atoms with Gasteiger partial charge in [0.25, 0.3) is 0 Å². The molecule has 8 heteroatoms. The molecule has 0 atom stereocenters. The average molecular weight is 514 g/mol. The Kier molecular flexibility index (Phi) is 5.52. The average Bonchev–Trinajstić information content (AvgIpc) is 3.48. The number of aromatic nitrogens is 5. The number of fused-ring (bicyclic) bond motifs is 3. The van der Waals surface area contributed by atoms with Crippen molar-refractivity contribution in [3.8, 4) is 33.5 Å². The molecule has 6 rings (SSSR count). The van der Waals surface area contributed by atoms with Gasteiger partial charge in [-0.05, 0) is 59.5 Å². The van der Waals surface area contributed by atoms with E-state index in [1.807, 2.05) is 85.4 Å². The molecule has 0 unspecified atom stereocenters. The summed E-state index contributed by atoms with van der Waals surface area (Å²) in [5.41, 5.74) is 7.95. The second-order valence-electron chi connectivity index (χ2n) is 8.72. The van der Waals surface area contributed by atoms with Gasteiger partial charge in [0, 0.05) is 28.0 Å². The fraction of sp³-hybridized carbons (Fsp3) is 0.107. The fourth-order valence-corrected chi connectivity index (χ4v) is 5.29. The molecule has 0 saturated carbocycles. The SMILES string of the molecule is Cc1nnc2c(-c3cncn3C)c(-c3cccc(Cl)c3)c3c(-c4ccc(Cl)cc4)c(CO)ccc3n12. The number of imidazole rings is 1. The molecular formula is C28H21Cl2N5O. The van der Waals surface area contributed by atoms with Crippen LogP contribution in [0.25, 0.3) is 50.1 Å². The molecule has 1 N–H and O–H groups in total. The standard InChI is InChI=1S/C28H21Cl2N5O/c1-16-32-33-28-27(23-13-31-15-34(23)2)25(18-4-3-5-21(30)12-18)26-22(35(16)28)11-8-19(14-36)24(26)17-6-9-20(29)10-7-17/h3-13,15,36H,14H2,1-2H3. The Morgan fingerprint density at radius 3 is 2.36 bits per heavy atom. The lowest BCUT2D eigenvalue weighted by Crippen LogP contribution is -2.03. The highest BCUT2D eigenvalue weighted by atomic mass is 35.5. The fourth-order valence-electron chi connectivity index (χ4n) is 4.98. The minimum Gasteiger partial charge on any atom is -0.392 e. The maximum Gasteiger partial charge on any atom is 0.171 e. The summed E-state index contributed by atoms with van der Waals surface area (Å²) < 4.78 is 4.03. The van der Waals surface area contributed by atoms with E-state index in [-0.39, 0.29) is 6.61 Å². The predicted octanol–water partition coefficient (Wildman–Crippen LogP) is 6.72. The summed E-state index contributed by atoms with van der Waals surface area (Å²) in [5.74, 6) is 0.759. The van der Waals surface area contributed by atoms with Crippen molar-refractivity contribution < 1.29 is 5.11 Å². The van der Waals surface area contributed by atoms with Gasteiger partial charge in [-0.2, -0.15) is 0 Å². The van der Waals surface area contributed by atoms with Gasteiger partial charge in [-0.3, -0.25) is 4.40 Å². The second kappa shape index (κ2) is 8.75. The number of aryl methyl sites for hydroxylation is 2. The Bertz CT molecular complexity index is 1770. The highest BCUT2D eigenvalue weighted by Crippen LogP contribution is 2.46. The van der Waals surface area contributed by atoms with Crippen molar-refractivity contribution in [1.82, 2.24) is 24.1 Å². The van der Waals surface area contributed by atoms with Crippen molar-refractivity contribution >= 4 is 39.8 Å². The number of hydrogen-bond donors (Lipinski definition) is 1. The summed E-state index contributed by atoms with van der Waals surface area (Å²) in [5, 5.41) is 21.7. The molecule has 178 valence electrons. The van der Waals surface area contributed by atoms with Crippen LogP contribution < -0.4 is 0 Å². The van der Waals surface area contributed by atoms with Gasteiger partial charge in [-0.25, -0.2) is 4.98 Å². The van der Waals surface area contributed by atoms with E-state index in [9.17, 15) is 5.11 Å². The monoisotopic (exact) mass is 513 g/mol. The lowest BCUT2D eigenvalue weighted by molar-refractivity contribution is 0.282. The maximum absolute atomic E-state index is 10.4. The van der Waals surface area contributed by atoms with Gasteiger partial charge in [0.1, 0.15) is 5.82 Å². The number of nitrogens with zero attached hydrogens (tertiary/aromatic N) is 5. The lowest BCUT2D eigenvalue weighted by Gasteiger charge is -2.21. The smallest absolute Gasteiger partial charge is 0.171 e. The van der Waals surface area contributed by atoms with Crippen molar-refractivity contribution in [3.63, 3.8) is 0 Å². The first kappa shape index (κ1) is 22.7. The van der Waals surface area contributed by atoms with Gasteiger partial charge >= 0.3 is 0 Å². The lowest BCUT2D eigenvalue weighted by atomic mass is 9.87. The van der Waals surface area contributed by atoms with Crippen LogP contribution in [-0.2, 0) is 13.7 Å². The number of rotatable bonds is 4. The van der Waals surface area contributed by atoms with Gasteiger partial charge < -0.3 is 9.67 Å². The van der Waals surface area contributed by atoms with Crippen LogP contribution in [0.5, 0.6) is 0 Å². The third-order valence-electron chi connectivity index (χ3n) is 6.55. The number of pyridine rings is 1. The molecule has 3 heterocycles. The van der Waals surface area contributed by atoms with Crippen LogP contribution in [0, 0.1) is 6.92 Å². The molecule has 0 aliphatic heterocycles. The van der Waals surface area contributed by atoms with Crippen LogP contribution in [0.1, 0.15) is 11.4 Å². The zero-order valence-electron chi connectivity index (χ0n) is 19.6. The minimum atomic E-state index is -0.122. The van der Waals surface area contributed by atoms with Crippen molar-refractivity contribution in [1.29, 1.82) is 0 Å². The third kappa shape index (κ3) is 3.49. The molecule has 0 fully saturated rings. The minimum absolute atomic E-state index is 0.122. The number of halogens is 2. The summed E-state index contributed by atoms with van der Waals surface area (Å²) in [7, 11) is 1.96. The molecule has 6 aromatic rings. The number of aliphatic hydroxyl groups is 1. The zero-order chi connectivity index (χ0) is 25.0. The Hall–Kier alpha value is -3.71. The molecular weight excluding hydrogens is 493 g/mol. The normalized spacial score (nSPS) is 11.6. The molecule has 6 nitrogen and oxygen atoms in total. The van der Waals surface area contributed by atoms with Gasteiger partial charge in [-0.15, -0.1) is 10.2 Å². The molecule has 3 aromatic heterocycles. The van der Waals surface area contributed by atoms with Gasteiger partial charge in [-0.1, -0.05) is 53.5 Å². The number of aliphatic hydroxyl groups excluding tert-OH is 1. The van der Waals surface area contributed by atoms with Crippen LogP contribution in [0.3, 0.4) is 0 Å². The van der Waals surface area contributed by atoms with Crippen LogP contribution in [-0.4, -0.2) is 29.3 Å². The first-order valence-corrected chi connectivity index (χ1v) is 12.2. The van der Waals surface area contributed by atoms with Crippen LogP contribution in [0.15, 0.2) is 73.2 Å². The molecule has 0 bridgehead atoms. The van der Waals surface area contributed by atoms with E-state index in [1.165, 1.54) is 0 Å². The summed E-state index contributed by atoms with van der Waals surface area (Å²) in [4.78, 5) is 4.39. The first-order valence-electron chi connectivity index (χ1n) is 11.4. The van der Waals surface area contributed by atoms with E-state index < -0.39 is 0 Å². The van der Waals surface area contributed by atoms with E-state index in [0.29, 0.717) is 10.0 Å². The zero-order valence-corrected chi connectivity index (χ0v) is 21.1. The third-order valence-corrected chi connectivity index (χ3v) is 7.04. The molecule has 0 saturated heterocycles. The summed E-state index contributed by atoms with van der Waals surface area (Å²) in [6.07, 6.45) is 3.60. The van der Waals surface area contributed by atoms with E-state index in [4.69, 9.17) is 23.2 Å². The maximum atomic E-state index is 10.4. The molecule has 0 spiro atoms. The Labute approximate surface area is 217 Å². The van der Waals surface area contributed by atoms with E-state index in [2.05, 4.69) is 19.6 Å². The Balaban J connectivity index is 1.93. The van der Waals surface area contributed by atoms with Crippen LogP contribution in [0.4, 0.5) is 0 Å². The molecule has 36 heavy (non-hydrogen) atoms. The van der Waals surface area contributed by atoms with Crippen molar-refractivity contribution in [2.45, 2.75) is 13.5 Å². The molecule has 0 amide bonds. The molecule has 0 radical (unpaired) electrons. The van der Waals surface area contributed by atoms with Gasteiger partial charge in [0.05, 0.1) is 35.9 Å². The topological polar surface area (TPSA) is 68.2 Å². The van der Waals surface area contributed by atoms with Crippen LogP contribution >= 0.6 is 23.2 Å². The summed E-state index contributed by atoms with van der Waals surface area (Å²) in [6.45, 7) is 1.82. The van der Waals surface area contributed by atoms with Crippen molar-refractivity contribution in [3.05, 3.63) is 94.6 Å². The Morgan fingerprint density at radius 1 is 0.861 bits per heavy atom. The Morgan fingerprint density at radius 2 is 1.67 bits per heavy atom. The van der Waals surface area contributed by atoms with Crippen molar-refractivity contribution in [2.24, 2.45) is 7.05 Å². The second-order valence-corrected chi connectivity index (χ2v) is 9.59. The quantitative estimate of drug-likeness (QED) is 0.284.